The second-order valence-corrected chi connectivity index (χ2v) is 6.66. The third-order valence-corrected chi connectivity index (χ3v) is 4.66. The molecule has 22 heavy (non-hydrogen) atoms. The van der Waals surface area contributed by atoms with Crippen molar-refractivity contribution in [2.45, 2.75) is 38.1 Å². The van der Waals surface area contributed by atoms with E-state index in [0.717, 1.165) is 25.7 Å². The molecule has 0 spiro atoms. The van der Waals surface area contributed by atoms with Crippen LogP contribution in [0.1, 0.15) is 32.1 Å². The van der Waals surface area contributed by atoms with Crippen molar-refractivity contribution in [2.24, 2.45) is 0 Å². The van der Waals surface area contributed by atoms with Gasteiger partial charge in [-0.1, -0.05) is 60.1 Å². The van der Waals surface area contributed by atoms with Gasteiger partial charge in [0.1, 0.15) is 0 Å². The number of urea groups is 1. The Kier molecular flexibility index (Phi) is 6.42. The minimum absolute atomic E-state index is 0.210. The Morgan fingerprint density at radius 2 is 1.82 bits per heavy atom. The third-order valence-electron chi connectivity index (χ3n) is 3.84. The van der Waals surface area contributed by atoms with Gasteiger partial charge in [-0.2, -0.15) is 0 Å². The van der Waals surface area contributed by atoms with Crippen LogP contribution in [-0.2, 0) is 0 Å². The Balaban J connectivity index is 2.15. The number of hydrogen-bond acceptors (Lipinski definition) is 1. The van der Waals surface area contributed by atoms with Gasteiger partial charge in [-0.3, -0.25) is 0 Å². The van der Waals surface area contributed by atoms with Crippen molar-refractivity contribution in [3.05, 3.63) is 39.9 Å². The number of hydrogen-bond donors (Lipinski definition) is 1. The molecule has 0 atom stereocenters. The lowest BCUT2D eigenvalue weighted by Gasteiger charge is -2.33. The first-order valence-corrected chi connectivity index (χ1v) is 8.49. The number of nitrogens with one attached hydrogen (secondary N) is 1. The molecule has 0 heterocycles. The molecule has 120 valence electrons. The summed E-state index contributed by atoms with van der Waals surface area (Å²) in [7, 11) is 0. The molecule has 1 N–H and O–H groups in total. The van der Waals surface area contributed by atoms with Crippen LogP contribution in [0.2, 0.25) is 15.1 Å². The topological polar surface area (TPSA) is 32.3 Å². The number of anilines is 1. The van der Waals surface area contributed by atoms with Crippen LogP contribution in [0.3, 0.4) is 0 Å². The number of benzene rings is 1. The monoisotopic (exact) mass is 360 g/mol. The maximum absolute atomic E-state index is 12.6. The van der Waals surface area contributed by atoms with Crippen LogP contribution in [0.5, 0.6) is 0 Å². The van der Waals surface area contributed by atoms with E-state index in [-0.39, 0.29) is 12.1 Å². The highest BCUT2D eigenvalue weighted by Crippen LogP contribution is 2.34. The van der Waals surface area contributed by atoms with E-state index in [0.29, 0.717) is 27.3 Å². The molecule has 0 saturated heterocycles. The zero-order valence-electron chi connectivity index (χ0n) is 12.2. The summed E-state index contributed by atoms with van der Waals surface area (Å²) in [6, 6.07) is 3.14. The van der Waals surface area contributed by atoms with Crippen LogP contribution in [0.4, 0.5) is 10.5 Å². The lowest BCUT2D eigenvalue weighted by molar-refractivity contribution is 0.176. The zero-order valence-corrected chi connectivity index (χ0v) is 14.5. The predicted molar refractivity (Wildman–Crippen MR) is 94.3 cm³/mol. The number of halogens is 3. The van der Waals surface area contributed by atoms with E-state index in [2.05, 4.69) is 11.9 Å². The van der Waals surface area contributed by atoms with Crippen molar-refractivity contribution < 1.29 is 4.79 Å². The summed E-state index contributed by atoms with van der Waals surface area (Å²) in [5.41, 5.74) is 0.391. The van der Waals surface area contributed by atoms with Gasteiger partial charge in [0.15, 0.2) is 0 Å². The lowest BCUT2D eigenvalue weighted by Crippen LogP contribution is -2.44. The Morgan fingerprint density at radius 1 is 1.23 bits per heavy atom. The number of carbonyl (C=O) groups excluding carboxylic acids is 1. The summed E-state index contributed by atoms with van der Waals surface area (Å²) in [5, 5.41) is 3.89. The normalized spacial score (nSPS) is 15.4. The molecular weight excluding hydrogens is 343 g/mol. The van der Waals surface area contributed by atoms with Gasteiger partial charge in [0.25, 0.3) is 0 Å². The Labute approximate surface area is 146 Å². The number of nitrogens with zero attached hydrogens (tertiary/aromatic N) is 1. The maximum Gasteiger partial charge on any atom is 0.322 e. The molecular formula is C16H19Cl3N2O. The van der Waals surface area contributed by atoms with Crippen LogP contribution in [-0.4, -0.2) is 23.5 Å². The molecule has 6 heteroatoms. The molecule has 1 aromatic carbocycles. The average molecular weight is 362 g/mol. The van der Waals surface area contributed by atoms with E-state index in [1.807, 2.05) is 0 Å². The maximum atomic E-state index is 12.6. The van der Waals surface area contributed by atoms with E-state index in [4.69, 9.17) is 34.8 Å². The SMILES string of the molecule is C=CCN(C(=O)Nc1c(Cl)cc(Cl)cc1Cl)C1CCCCC1. The van der Waals surface area contributed by atoms with E-state index in [1.54, 1.807) is 23.1 Å². The van der Waals surface area contributed by atoms with Crippen LogP contribution >= 0.6 is 34.8 Å². The van der Waals surface area contributed by atoms with Crippen LogP contribution in [0.15, 0.2) is 24.8 Å². The van der Waals surface area contributed by atoms with Gasteiger partial charge < -0.3 is 10.2 Å². The Hall–Kier alpha value is -0.900. The molecule has 2 rings (SSSR count). The minimum Gasteiger partial charge on any atom is -0.318 e. The number of carbonyl (C=O) groups is 1. The van der Waals surface area contributed by atoms with Crippen molar-refractivity contribution in [1.82, 2.24) is 4.90 Å². The van der Waals surface area contributed by atoms with Gasteiger partial charge in [-0.25, -0.2) is 4.79 Å². The molecule has 3 nitrogen and oxygen atoms in total. The van der Waals surface area contributed by atoms with Crippen molar-refractivity contribution in [3.8, 4) is 0 Å². The first-order valence-electron chi connectivity index (χ1n) is 7.36. The van der Waals surface area contributed by atoms with Crippen LogP contribution in [0.25, 0.3) is 0 Å². The van der Waals surface area contributed by atoms with E-state index in [1.165, 1.54) is 6.42 Å². The molecule has 2 amide bonds. The second kappa shape index (κ2) is 8.09. The highest BCUT2D eigenvalue weighted by atomic mass is 35.5. The summed E-state index contributed by atoms with van der Waals surface area (Å²) in [5.74, 6) is 0. The molecule has 1 aromatic rings. The zero-order chi connectivity index (χ0) is 16.1. The minimum atomic E-state index is -0.210. The summed E-state index contributed by atoms with van der Waals surface area (Å²) in [6.45, 7) is 4.24. The van der Waals surface area contributed by atoms with Crippen LogP contribution < -0.4 is 5.32 Å². The molecule has 1 saturated carbocycles. The predicted octanol–water partition coefficient (Wildman–Crippen LogP) is 6.00. The molecule has 0 aromatic heterocycles. The number of rotatable bonds is 4. The first kappa shape index (κ1) is 17.5. The van der Waals surface area contributed by atoms with Crippen molar-refractivity contribution >= 4 is 46.5 Å². The summed E-state index contributed by atoms with van der Waals surface area (Å²) >= 11 is 18.1. The summed E-state index contributed by atoms with van der Waals surface area (Å²) in [6.07, 6.45) is 7.29. The third kappa shape index (κ3) is 4.31. The van der Waals surface area contributed by atoms with Gasteiger partial charge in [-0.05, 0) is 25.0 Å². The standard InChI is InChI=1S/C16H19Cl3N2O/c1-2-8-21(12-6-4-3-5-7-12)16(22)20-15-13(18)9-11(17)10-14(15)19/h2,9-10,12H,1,3-8H2,(H,20,22). The van der Waals surface area contributed by atoms with Crippen molar-refractivity contribution in [2.75, 3.05) is 11.9 Å². The fourth-order valence-corrected chi connectivity index (χ4v) is 3.68. The van der Waals surface area contributed by atoms with Crippen LogP contribution in [0, 0.1) is 0 Å². The van der Waals surface area contributed by atoms with Crippen molar-refractivity contribution in [1.29, 1.82) is 0 Å². The van der Waals surface area contributed by atoms with Gasteiger partial charge in [0.05, 0.1) is 15.7 Å². The highest BCUT2D eigenvalue weighted by Gasteiger charge is 2.25. The van der Waals surface area contributed by atoms with Gasteiger partial charge >= 0.3 is 6.03 Å². The highest BCUT2D eigenvalue weighted by molar-refractivity contribution is 6.42. The van der Waals surface area contributed by atoms with Gasteiger partial charge in [-0.15, -0.1) is 6.58 Å². The molecule has 0 radical (unpaired) electrons. The molecule has 1 fully saturated rings. The Bertz CT molecular complexity index is 533. The lowest BCUT2D eigenvalue weighted by atomic mass is 9.94. The fraction of sp³-hybridized carbons (Fsp3) is 0.438. The molecule has 1 aliphatic rings. The summed E-state index contributed by atoms with van der Waals surface area (Å²) in [4.78, 5) is 14.4. The largest absolute Gasteiger partial charge is 0.322 e. The fourth-order valence-electron chi connectivity index (χ4n) is 2.77. The quantitative estimate of drug-likeness (QED) is 0.655. The first-order chi connectivity index (χ1) is 10.5. The van der Waals surface area contributed by atoms with E-state index in [9.17, 15) is 4.79 Å². The Morgan fingerprint density at radius 3 is 2.36 bits per heavy atom. The molecule has 0 bridgehead atoms. The van der Waals surface area contributed by atoms with Crippen molar-refractivity contribution in [3.63, 3.8) is 0 Å². The average Bonchev–Trinajstić information content (AvgIpc) is 2.49. The smallest absolute Gasteiger partial charge is 0.318 e. The molecule has 1 aliphatic carbocycles. The van der Waals surface area contributed by atoms with Gasteiger partial charge in [0.2, 0.25) is 0 Å². The van der Waals surface area contributed by atoms with E-state index >= 15 is 0 Å². The number of amides is 2. The van der Waals surface area contributed by atoms with Gasteiger partial charge in [0, 0.05) is 17.6 Å². The van der Waals surface area contributed by atoms with E-state index < -0.39 is 0 Å². The summed E-state index contributed by atoms with van der Waals surface area (Å²) < 4.78 is 0. The molecule has 0 unspecified atom stereocenters. The second-order valence-electron chi connectivity index (χ2n) is 5.41. The molecule has 0 aliphatic heterocycles.